The summed E-state index contributed by atoms with van der Waals surface area (Å²) < 4.78 is 0. The molecule has 0 aliphatic heterocycles. The van der Waals surface area contributed by atoms with E-state index in [0.29, 0.717) is 6.42 Å². The van der Waals surface area contributed by atoms with E-state index in [1.807, 2.05) is 12.1 Å². The van der Waals surface area contributed by atoms with Gasteiger partial charge >= 0.3 is 0 Å². The second-order valence-electron chi connectivity index (χ2n) is 4.77. The van der Waals surface area contributed by atoms with Gasteiger partial charge in [0, 0.05) is 37.1 Å². The Kier molecular flexibility index (Phi) is 3.86. The average Bonchev–Trinajstić information content (AvgIpc) is 3.20. The molecule has 0 atom stereocenters. The van der Waals surface area contributed by atoms with E-state index >= 15 is 0 Å². The number of hydrogen-bond acceptors (Lipinski definition) is 5. The first-order valence-electron chi connectivity index (χ1n) is 6.71. The molecule has 22 heavy (non-hydrogen) atoms. The van der Waals surface area contributed by atoms with Crippen LogP contribution >= 0.6 is 0 Å². The molecule has 110 valence electrons. The third-order valence-corrected chi connectivity index (χ3v) is 3.28. The highest BCUT2D eigenvalue weighted by molar-refractivity contribution is 6.43. The smallest absolute Gasteiger partial charge is 0.267 e. The molecule has 0 saturated heterocycles. The van der Waals surface area contributed by atoms with E-state index in [1.165, 1.54) is 6.33 Å². The molecular formula is C15H13N5O2. The molecule has 0 aromatic carbocycles. The molecule has 2 N–H and O–H groups in total. The van der Waals surface area contributed by atoms with Gasteiger partial charge < -0.3 is 4.98 Å². The summed E-state index contributed by atoms with van der Waals surface area (Å²) >= 11 is 0. The van der Waals surface area contributed by atoms with Gasteiger partial charge in [0.15, 0.2) is 0 Å². The van der Waals surface area contributed by atoms with Crippen molar-refractivity contribution >= 4 is 11.6 Å². The van der Waals surface area contributed by atoms with Crippen molar-refractivity contribution in [3.8, 4) is 0 Å². The maximum Gasteiger partial charge on any atom is 0.267 e. The first kappa shape index (κ1) is 13.9. The number of aromatic amines is 2. The number of rotatable bonds is 6. The fourth-order valence-electron chi connectivity index (χ4n) is 2.17. The van der Waals surface area contributed by atoms with E-state index in [-0.39, 0.29) is 12.2 Å². The van der Waals surface area contributed by atoms with Crippen LogP contribution in [0.2, 0.25) is 0 Å². The molecule has 3 rings (SSSR count). The Morgan fingerprint density at radius 3 is 2.68 bits per heavy atom. The highest BCUT2D eigenvalue weighted by atomic mass is 16.2. The van der Waals surface area contributed by atoms with Crippen LogP contribution in [0.5, 0.6) is 0 Å². The lowest BCUT2D eigenvalue weighted by Crippen LogP contribution is -2.18. The number of Topliss-reactive ketones (excluding diaryl/α,β-unsaturated/α-hetero) is 2. The Hall–Kier alpha value is -3.09. The lowest BCUT2D eigenvalue weighted by molar-refractivity contribution is -0.114. The molecule has 3 aromatic heterocycles. The van der Waals surface area contributed by atoms with Crippen LogP contribution in [0.25, 0.3) is 0 Å². The molecule has 0 fully saturated rings. The number of carbonyl (C=O) groups is 2. The quantitative estimate of drug-likeness (QED) is 0.523. The number of H-pyrrole nitrogens is 2. The molecule has 3 heterocycles. The Balaban J connectivity index is 1.72. The number of nitrogens with zero attached hydrogens (tertiary/aromatic N) is 3. The van der Waals surface area contributed by atoms with Crippen molar-refractivity contribution in [3.05, 3.63) is 65.8 Å². The summed E-state index contributed by atoms with van der Waals surface area (Å²) in [4.78, 5) is 34.7. The van der Waals surface area contributed by atoms with Crippen molar-refractivity contribution in [3.63, 3.8) is 0 Å². The molecule has 3 aromatic rings. The van der Waals surface area contributed by atoms with E-state index in [9.17, 15) is 9.59 Å². The third-order valence-electron chi connectivity index (χ3n) is 3.28. The second-order valence-corrected chi connectivity index (χ2v) is 4.77. The molecule has 0 spiro atoms. The summed E-state index contributed by atoms with van der Waals surface area (Å²) in [6.45, 7) is 0. The molecule has 0 amide bonds. The van der Waals surface area contributed by atoms with Gasteiger partial charge in [-0.25, -0.2) is 4.98 Å². The minimum Gasteiger partial charge on any atom is -0.364 e. The summed E-state index contributed by atoms with van der Waals surface area (Å²) in [6.07, 6.45) is 7.14. The minimum atomic E-state index is -0.683. The molecule has 0 aliphatic rings. The first-order chi connectivity index (χ1) is 10.7. The zero-order valence-electron chi connectivity index (χ0n) is 11.6. The summed E-state index contributed by atoms with van der Waals surface area (Å²) in [5, 5.41) is 6.06. The van der Waals surface area contributed by atoms with Gasteiger partial charge in [0.25, 0.3) is 5.78 Å². The van der Waals surface area contributed by atoms with Crippen LogP contribution in [-0.2, 0) is 17.6 Å². The average molecular weight is 295 g/mol. The number of hydrogen-bond donors (Lipinski definition) is 2. The lowest BCUT2D eigenvalue weighted by Gasteiger charge is -2.03. The predicted molar refractivity (Wildman–Crippen MR) is 77.3 cm³/mol. The van der Waals surface area contributed by atoms with Crippen LogP contribution in [0.15, 0.2) is 43.1 Å². The Labute approximate surface area is 125 Å². The fraction of sp³-hybridized carbons (Fsp3) is 0.133. The largest absolute Gasteiger partial charge is 0.364 e. The zero-order valence-corrected chi connectivity index (χ0v) is 11.6. The lowest BCUT2D eigenvalue weighted by atomic mass is 10.0. The maximum atomic E-state index is 12.0. The van der Waals surface area contributed by atoms with E-state index in [4.69, 9.17) is 0 Å². The van der Waals surface area contributed by atoms with Gasteiger partial charge in [-0.05, 0) is 29.3 Å². The van der Waals surface area contributed by atoms with Crippen LogP contribution in [0, 0.1) is 0 Å². The normalized spacial score (nSPS) is 10.5. The van der Waals surface area contributed by atoms with Crippen molar-refractivity contribution in [2.24, 2.45) is 0 Å². The highest BCUT2D eigenvalue weighted by Gasteiger charge is 2.21. The number of nitrogens with one attached hydrogen (secondary N) is 2. The number of ketones is 2. The van der Waals surface area contributed by atoms with Crippen LogP contribution in [0.1, 0.15) is 27.4 Å². The number of aromatic nitrogens is 5. The van der Waals surface area contributed by atoms with Gasteiger partial charge in [-0.2, -0.15) is 0 Å². The van der Waals surface area contributed by atoms with Crippen molar-refractivity contribution in [2.75, 3.05) is 0 Å². The summed E-state index contributed by atoms with van der Waals surface area (Å²) in [5.41, 5.74) is 2.78. The molecular weight excluding hydrogens is 282 g/mol. The summed E-state index contributed by atoms with van der Waals surface area (Å²) in [7, 11) is 0. The summed E-state index contributed by atoms with van der Waals surface area (Å²) in [5.74, 6) is -1.32. The van der Waals surface area contributed by atoms with Crippen molar-refractivity contribution < 1.29 is 9.59 Å². The predicted octanol–water partition coefficient (Wildman–Crippen LogP) is 1.11. The molecule has 7 heteroatoms. The minimum absolute atomic E-state index is 0.0251. The topological polar surface area (TPSA) is 104 Å². The molecule has 0 saturated carbocycles. The van der Waals surface area contributed by atoms with Gasteiger partial charge in [0.1, 0.15) is 6.33 Å². The first-order valence-corrected chi connectivity index (χ1v) is 6.71. The monoisotopic (exact) mass is 295 g/mol. The highest BCUT2D eigenvalue weighted by Crippen LogP contribution is 2.14. The molecule has 0 bridgehead atoms. The van der Waals surface area contributed by atoms with E-state index in [1.54, 1.807) is 24.7 Å². The Morgan fingerprint density at radius 1 is 1.14 bits per heavy atom. The van der Waals surface area contributed by atoms with Gasteiger partial charge in [0.05, 0.1) is 0 Å². The van der Waals surface area contributed by atoms with E-state index in [2.05, 4.69) is 25.1 Å². The second kappa shape index (κ2) is 6.13. The Bertz CT molecular complexity index is 777. The van der Waals surface area contributed by atoms with E-state index < -0.39 is 11.6 Å². The third kappa shape index (κ3) is 2.98. The fourth-order valence-corrected chi connectivity index (χ4v) is 2.17. The maximum absolute atomic E-state index is 12.0. The molecule has 0 radical (unpaired) electrons. The van der Waals surface area contributed by atoms with E-state index in [0.717, 1.165) is 16.8 Å². The Morgan fingerprint density at radius 2 is 1.95 bits per heavy atom. The SMILES string of the molecule is O=C(Cc1cc[nH]c1Cc1ccncc1)C(=O)c1nc[nH]n1. The van der Waals surface area contributed by atoms with Gasteiger partial charge in [-0.3, -0.25) is 19.7 Å². The van der Waals surface area contributed by atoms with Gasteiger partial charge in [0.2, 0.25) is 11.6 Å². The van der Waals surface area contributed by atoms with Crippen molar-refractivity contribution in [1.82, 2.24) is 25.1 Å². The van der Waals surface area contributed by atoms with Crippen LogP contribution in [-0.4, -0.2) is 36.7 Å². The zero-order chi connectivity index (χ0) is 15.4. The molecule has 7 nitrogen and oxygen atoms in total. The molecule has 0 unspecified atom stereocenters. The van der Waals surface area contributed by atoms with Crippen LogP contribution in [0.4, 0.5) is 0 Å². The molecule has 0 aliphatic carbocycles. The van der Waals surface area contributed by atoms with Crippen LogP contribution < -0.4 is 0 Å². The summed E-state index contributed by atoms with van der Waals surface area (Å²) in [6, 6.07) is 5.62. The standard InChI is InChI=1S/C15H13N5O2/c21-13(14(22)15-18-9-19-20-15)8-11-3-6-17-12(11)7-10-1-4-16-5-2-10/h1-6,9,17H,7-8H2,(H,18,19,20). The van der Waals surface area contributed by atoms with Gasteiger partial charge in [-0.15, -0.1) is 5.10 Å². The number of carbonyl (C=O) groups excluding carboxylic acids is 2. The van der Waals surface area contributed by atoms with Crippen molar-refractivity contribution in [1.29, 1.82) is 0 Å². The number of pyridine rings is 1. The van der Waals surface area contributed by atoms with Gasteiger partial charge in [-0.1, -0.05) is 0 Å². The van der Waals surface area contributed by atoms with Crippen LogP contribution in [0.3, 0.4) is 0 Å². The van der Waals surface area contributed by atoms with Crippen molar-refractivity contribution in [2.45, 2.75) is 12.8 Å².